The number of halogens is 1. The second-order valence-corrected chi connectivity index (χ2v) is 8.30. The van der Waals surface area contributed by atoms with Gasteiger partial charge in [0, 0.05) is 17.6 Å². The van der Waals surface area contributed by atoms with Gasteiger partial charge in [-0.25, -0.2) is 0 Å². The average molecular weight is 360 g/mol. The Morgan fingerprint density at radius 1 is 1.00 bits per heavy atom. The van der Waals surface area contributed by atoms with Crippen LogP contribution >= 0.6 is 11.6 Å². The predicted molar refractivity (Wildman–Crippen MR) is 110 cm³/mol. The van der Waals surface area contributed by atoms with Crippen molar-refractivity contribution in [3.63, 3.8) is 0 Å². The van der Waals surface area contributed by atoms with Crippen molar-refractivity contribution < 1.29 is 0 Å². The van der Waals surface area contributed by atoms with E-state index in [4.69, 9.17) is 11.6 Å². The van der Waals surface area contributed by atoms with Gasteiger partial charge in [-0.3, -0.25) is 4.90 Å². The highest BCUT2D eigenvalue weighted by atomic mass is 35.5. The molecule has 0 spiro atoms. The molecule has 138 valence electrons. The standard InChI is InChI=1S/C23H34ClN/c1-2-25(21-13-7-4-8-14-21)17-9-10-19-15-16-22(23(24)18-19)20-11-5-3-6-12-20/h9-10,15-16,18,20-21H,2-8,11-14,17H2,1H3/b10-9-. The van der Waals surface area contributed by atoms with E-state index in [1.165, 1.54) is 75.3 Å². The number of rotatable bonds is 6. The number of benzene rings is 1. The summed E-state index contributed by atoms with van der Waals surface area (Å²) in [4.78, 5) is 2.63. The van der Waals surface area contributed by atoms with Crippen molar-refractivity contribution in [2.75, 3.05) is 13.1 Å². The molecule has 0 N–H and O–H groups in total. The lowest BCUT2D eigenvalue weighted by Gasteiger charge is -2.32. The largest absolute Gasteiger partial charge is 0.297 e. The van der Waals surface area contributed by atoms with E-state index in [1.807, 2.05) is 0 Å². The molecule has 1 nitrogen and oxygen atoms in total. The molecule has 0 aliphatic heterocycles. The zero-order chi connectivity index (χ0) is 17.5. The van der Waals surface area contributed by atoms with E-state index in [2.05, 4.69) is 42.2 Å². The average Bonchev–Trinajstić information content (AvgIpc) is 2.67. The maximum atomic E-state index is 6.61. The molecule has 2 fully saturated rings. The highest BCUT2D eigenvalue weighted by molar-refractivity contribution is 6.31. The monoisotopic (exact) mass is 359 g/mol. The molecular formula is C23H34ClN. The van der Waals surface area contributed by atoms with Crippen LogP contribution in [-0.2, 0) is 0 Å². The molecule has 0 heterocycles. The van der Waals surface area contributed by atoms with Crippen LogP contribution in [0.15, 0.2) is 24.3 Å². The predicted octanol–water partition coefficient (Wildman–Crippen LogP) is 7.06. The Balaban J connectivity index is 1.58. The Bertz CT molecular complexity index is 553. The molecule has 2 saturated carbocycles. The van der Waals surface area contributed by atoms with Crippen LogP contribution in [0.2, 0.25) is 5.02 Å². The molecule has 3 rings (SSSR count). The molecule has 0 aromatic heterocycles. The highest BCUT2D eigenvalue weighted by Gasteiger charge is 2.19. The quantitative estimate of drug-likeness (QED) is 0.525. The Morgan fingerprint density at radius 2 is 1.68 bits per heavy atom. The van der Waals surface area contributed by atoms with E-state index in [9.17, 15) is 0 Å². The molecular weight excluding hydrogens is 326 g/mol. The zero-order valence-corrected chi connectivity index (χ0v) is 16.6. The molecule has 1 aromatic carbocycles. The summed E-state index contributed by atoms with van der Waals surface area (Å²) in [5, 5.41) is 0.966. The summed E-state index contributed by atoms with van der Waals surface area (Å²) < 4.78 is 0. The minimum Gasteiger partial charge on any atom is -0.297 e. The molecule has 0 radical (unpaired) electrons. The number of likely N-dealkylation sites (N-methyl/N-ethyl adjacent to an activating group) is 1. The van der Waals surface area contributed by atoms with Crippen molar-refractivity contribution in [1.82, 2.24) is 4.90 Å². The first-order chi connectivity index (χ1) is 12.3. The molecule has 1 aromatic rings. The fourth-order valence-corrected chi connectivity index (χ4v) is 5.04. The summed E-state index contributed by atoms with van der Waals surface area (Å²) in [5.74, 6) is 0.682. The van der Waals surface area contributed by atoms with Crippen LogP contribution in [0.4, 0.5) is 0 Å². The summed E-state index contributed by atoms with van der Waals surface area (Å²) in [7, 11) is 0. The van der Waals surface area contributed by atoms with Gasteiger partial charge >= 0.3 is 0 Å². The number of hydrogen-bond donors (Lipinski definition) is 0. The topological polar surface area (TPSA) is 3.24 Å². The smallest absolute Gasteiger partial charge is 0.0446 e. The molecule has 0 saturated heterocycles. The van der Waals surface area contributed by atoms with Gasteiger partial charge in [-0.2, -0.15) is 0 Å². The van der Waals surface area contributed by atoms with Crippen molar-refractivity contribution in [2.24, 2.45) is 0 Å². The van der Waals surface area contributed by atoms with Crippen molar-refractivity contribution in [1.29, 1.82) is 0 Å². The van der Waals surface area contributed by atoms with Gasteiger partial charge in [0.05, 0.1) is 0 Å². The van der Waals surface area contributed by atoms with Gasteiger partial charge in [0.1, 0.15) is 0 Å². The SMILES string of the molecule is CCN(C/C=C\c1ccc(C2CCCCC2)c(Cl)c1)C1CCCCC1. The van der Waals surface area contributed by atoms with Crippen LogP contribution in [-0.4, -0.2) is 24.0 Å². The van der Waals surface area contributed by atoms with E-state index in [1.54, 1.807) is 0 Å². The minimum atomic E-state index is 0.682. The number of hydrogen-bond acceptors (Lipinski definition) is 1. The Morgan fingerprint density at radius 3 is 2.32 bits per heavy atom. The van der Waals surface area contributed by atoms with E-state index >= 15 is 0 Å². The first-order valence-corrected chi connectivity index (χ1v) is 10.9. The molecule has 2 aliphatic rings. The third-order valence-corrected chi connectivity index (χ3v) is 6.54. The van der Waals surface area contributed by atoms with Crippen LogP contribution in [0.25, 0.3) is 6.08 Å². The Labute approximate surface area is 159 Å². The first-order valence-electron chi connectivity index (χ1n) is 10.5. The molecule has 2 aliphatic carbocycles. The third-order valence-electron chi connectivity index (χ3n) is 6.22. The van der Waals surface area contributed by atoms with Gasteiger partial charge in [-0.15, -0.1) is 0 Å². The van der Waals surface area contributed by atoms with Gasteiger partial charge < -0.3 is 0 Å². The Kier molecular flexibility index (Phi) is 7.43. The second kappa shape index (κ2) is 9.78. The molecule has 0 atom stereocenters. The van der Waals surface area contributed by atoms with Crippen molar-refractivity contribution in [2.45, 2.75) is 83.1 Å². The summed E-state index contributed by atoms with van der Waals surface area (Å²) in [6.07, 6.45) is 18.3. The van der Waals surface area contributed by atoms with Crippen LogP contribution < -0.4 is 0 Å². The number of nitrogens with zero attached hydrogens (tertiary/aromatic N) is 1. The summed E-state index contributed by atoms with van der Waals surface area (Å²) >= 11 is 6.61. The highest BCUT2D eigenvalue weighted by Crippen LogP contribution is 2.36. The fourth-order valence-electron chi connectivity index (χ4n) is 4.70. The molecule has 0 unspecified atom stereocenters. The zero-order valence-electron chi connectivity index (χ0n) is 15.9. The van der Waals surface area contributed by atoms with E-state index < -0.39 is 0 Å². The van der Waals surface area contributed by atoms with Gasteiger partial charge in [0.15, 0.2) is 0 Å². The molecule has 0 amide bonds. The lowest BCUT2D eigenvalue weighted by molar-refractivity contribution is 0.181. The maximum absolute atomic E-state index is 6.61. The van der Waals surface area contributed by atoms with Crippen LogP contribution in [0, 0.1) is 0 Å². The van der Waals surface area contributed by atoms with Crippen molar-refractivity contribution in [3.05, 3.63) is 40.4 Å². The van der Waals surface area contributed by atoms with Crippen LogP contribution in [0.3, 0.4) is 0 Å². The summed E-state index contributed by atoms with van der Waals surface area (Å²) in [5.41, 5.74) is 2.61. The summed E-state index contributed by atoms with van der Waals surface area (Å²) in [6.45, 7) is 4.50. The fraction of sp³-hybridized carbons (Fsp3) is 0.652. The Hall–Kier alpha value is -0.790. The van der Waals surface area contributed by atoms with Gasteiger partial charge in [-0.1, -0.05) is 81.3 Å². The molecule has 25 heavy (non-hydrogen) atoms. The lowest BCUT2D eigenvalue weighted by Crippen LogP contribution is -2.36. The second-order valence-electron chi connectivity index (χ2n) is 7.90. The lowest BCUT2D eigenvalue weighted by atomic mass is 9.84. The van der Waals surface area contributed by atoms with Crippen LogP contribution in [0.1, 0.15) is 88.2 Å². The minimum absolute atomic E-state index is 0.682. The van der Waals surface area contributed by atoms with Crippen molar-refractivity contribution in [3.8, 4) is 0 Å². The summed E-state index contributed by atoms with van der Waals surface area (Å²) in [6, 6.07) is 7.49. The van der Waals surface area contributed by atoms with Gasteiger partial charge in [0.25, 0.3) is 0 Å². The molecule has 2 heteroatoms. The van der Waals surface area contributed by atoms with Crippen molar-refractivity contribution >= 4 is 17.7 Å². The van der Waals surface area contributed by atoms with E-state index in [0.717, 1.165) is 24.2 Å². The van der Waals surface area contributed by atoms with E-state index in [0.29, 0.717) is 5.92 Å². The maximum Gasteiger partial charge on any atom is 0.0446 e. The van der Waals surface area contributed by atoms with Gasteiger partial charge in [-0.05, 0) is 55.3 Å². The van der Waals surface area contributed by atoms with Crippen LogP contribution in [0.5, 0.6) is 0 Å². The van der Waals surface area contributed by atoms with E-state index in [-0.39, 0.29) is 0 Å². The third kappa shape index (κ3) is 5.34. The first kappa shape index (κ1) is 19.0. The normalized spacial score (nSPS) is 20.6. The molecule has 0 bridgehead atoms. The van der Waals surface area contributed by atoms with Gasteiger partial charge in [0.2, 0.25) is 0 Å².